The van der Waals surface area contributed by atoms with Crippen LogP contribution in [-0.4, -0.2) is 11.5 Å². The Morgan fingerprint density at radius 1 is 0.229 bits per heavy atom. The van der Waals surface area contributed by atoms with Crippen LogP contribution in [-0.2, 0) is 0 Å². The zero-order valence-electron chi connectivity index (χ0n) is 24.7. The third-order valence-electron chi connectivity index (χ3n) is 7.50. The molecule has 0 spiro atoms. The molecule has 0 aliphatic carbocycles. The molecule has 0 radical (unpaired) electrons. The van der Waals surface area contributed by atoms with Gasteiger partial charge in [-0.1, -0.05) is 209 Å². The lowest BCUT2D eigenvalue weighted by molar-refractivity contribution is 0.535. The van der Waals surface area contributed by atoms with Gasteiger partial charge in [-0.25, -0.2) is 0 Å². The summed E-state index contributed by atoms with van der Waals surface area (Å²) >= 11 is 0. The van der Waals surface area contributed by atoms with Crippen molar-refractivity contribution in [3.8, 4) is 0 Å². The summed E-state index contributed by atoms with van der Waals surface area (Å²) in [6.07, 6.45) is 42.5. The highest BCUT2D eigenvalue weighted by Crippen LogP contribution is 2.25. The summed E-state index contributed by atoms with van der Waals surface area (Å²) in [5.41, 5.74) is 0. The minimum absolute atomic E-state index is 1.37. The first kappa shape index (κ1) is 35.7. The quantitative estimate of drug-likeness (QED) is 0.0628. The first-order chi connectivity index (χ1) is 17.4. The van der Waals surface area contributed by atoms with Gasteiger partial charge in [0.15, 0.2) is 0 Å². The third-order valence-corrected chi connectivity index (χ3v) is 10.1. The van der Waals surface area contributed by atoms with Crippen LogP contribution in [0.5, 0.6) is 0 Å². The maximum atomic E-state index is 2.31. The molecule has 0 aromatic rings. The zero-order valence-corrected chi connectivity index (χ0v) is 26.4. The Labute approximate surface area is 232 Å². The van der Waals surface area contributed by atoms with Crippen LogP contribution >= 0.6 is 21.6 Å². The summed E-state index contributed by atoms with van der Waals surface area (Å²) in [5, 5.41) is 0. The fourth-order valence-electron chi connectivity index (χ4n) is 5.01. The van der Waals surface area contributed by atoms with E-state index in [1.807, 2.05) is 0 Å². The molecule has 0 heterocycles. The third kappa shape index (κ3) is 34.7. The van der Waals surface area contributed by atoms with Crippen LogP contribution in [0.3, 0.4) is 0 Å². The second kappa shape index (κ2) is 34.7. The van der Waals surface area contributed by atoms with Crippen molar-refractivity contribution in [1.82, 2.24) is 0 Å². The predicted molar refractivity (Wildman–Crippen MR) is 170 cm³/mol. The summed E-state index contributed by atoms with van der Waals surface area (Å²) in [7, 11) is 4.28. The molecule has 35 heavy (non-hydrogen) atoms. The van der Waals surface area contributed by atoms with E-state index in [1.54, 1.807) is 0 Å². The average molecular weight is 529 g/mol. The fourth-order valence-corrected chi connectivity index (χ4v) is 7.30. The van der Waals surface area contributed by atoms with Gasteiger partial charge in [-0.15, -0.1) is 0 Å². The van der Waals surface area contributed by atoms with Crippen LogP contribution < -0.4 is 0 Å². The molecule has 0 saturated heterocycles. The van der Waals surface area contributed by atoms with E-state index < -0.39 is 0 Å². The molecule has 2 heteroatoms. The zero-order chi connectivity index (χ0) is 25.3. The number of hydrogen-bond acceptors (Lipinski definition) is 2. The Balaban J connectivity index is 3.00. The van der Waals surface area contributed by atoms with Gasteiger partial charge >= 0.3 is 0 Å². The molecule has 0 N–H and O–H groups in total. The van der Waals surface area contributed by atoms with Crippen molar-refractivity contribution in [2.75, 3.05) is 11.5 Å². The molecule has 0 fully saturated rings. The fraction of sp³-hybridized carbons (Fsp3) is 1.00. The van der Waals surface area contributed by atoms with Gasteiger partial charge in [0.2, 0.25) is 0 Å². The van der Waals surface area contributed by atoms with Gasteiger partial charge in [0.05, 0.1) is 0 Å². The van der Waals surface area contributed by atoms with Gasteiger partial charge in [0, 0.05) is 11.5 Å². The second-order valence-corrected chi connectivity index (χ2v) is 13.9. The van der Waals surface area contributed by atoms with Gasteiger partial charge in [-0.3, -0.25) is 0 Å². The molecular weight excluding hydrogens is 460 g/mol. The lowest BCUT2D eigenvalue weighted by atomic mass is 10.0. The molecule has 212 valence electrons. The average Bonchev–Trinajstić information content (AvgIpc) is 2.87. The smallest absolute Gasteiger partial charge is 0.00369 e. The largest absolute Gasteiger partial charge is 0.0942 e. The molecular formula is C33H68S2. The molecule has 0 aliphatic heterocycles. The number of unbranched alkanes of at least 4 members (excludes halogenated alkanes) is 27. The molecule has 0 atom stereocenters. The lowest BCUT2D eigenvalue weighted by Gasteiger charge is -2.04. The van der Waals surface area contributed by atoms with Gasteiger partial charge < -0.3 is 0 Å². The lowest BCUT2D eigenvalue weighted by Crippen LogP contribution is -1.85. The number of hydrogen-bond donors (Lipinski definition) is 0. The molecule has 0 saturated carbocycles. The normalized spacial score (nSPS) is 11.5. The van der Waals surface area contributed by atoms with E-state index >= 15 is 0 Å². The van der Waals surface area contributed by atoms with E-state index in [1.165, 1.54) is 198 Å². The Hall–Kier alpha value is 0.700. The van der Waals surface area contributed by atoms with Crippen molar-refractivity contribution in [2.45, 2.75) is 200 Å². The highest BCUT2D eigenvalue weighted by molar-refractivity contribution is 8.76. The second-order valence-electron chi connectivity index (χ2n) is 11.2. The van der Waals surface area contributed by atoms with Crippen LogP contribution in [0.15, 0.2) is 0 Å². The maximum absolute atomic E-state index is 2.31. The van der Waals surface area contributed by atoms with Crippen molar-refractivity contribution >= 4 is 21.6 Å². The van der Waals surface area contributed by atoms with Crippen molar-refractivity contribution < 1.29 is 0 Å². The maximum Gasteiger partial charge on any atom is 0.00369 e. The standard InChI is InChI=1S/C33H68S2/c1-3-5-7-9-11-13-15-17-19-21-23-25-27-29-31-33-35-34-32-30-28-26-24-22-20-18-16-14-12-10-8-6-4-2/h3-33H2,1-2H3. The van der Waals surface area contributed by atoms with Gasteiger partial charge in [-0.05, 0) is 12.8 Å². The molecule has 0 nitrogen and oxygen atoms in total. The summed E-state index contributed by atoms with van der Waals surface area (Å²) in [6, 6.07) is 0. The van der Waals surface area contributed by atoms with Crippen molar-refractivity contribution in [2.24, 2.45) is 0 Å². The Bertz CT molecular complexity index is 312. The molecule has 0 aromatic heterocycles. The highest BCUT2D eigenvalue weighted by Gasteiger charge is 1.97. The molecule has 0 rings (SSSR count). The Morgan fingerprint density at radius 3 is 0.600 bits per heavy atom. The van der Waals surface area contributed by atoms with E-state index in [9.17, 15) is 0 Å². The SMILES string of the molecule is CCCCCCCCCCCCCCCCCSSCCCCCCCCCCCCCCCC. The monoisotopic (exact) mass is 528 g/mol. The molecule has 0 amide bonds. The van der Waals surface area contributed by atoms with Gasteiger partial charge in [0.1, 0.15) is 0 Å². The molecule has 0 aliphatic rings. The van der Waals surface area contributed by atoms with Crippen molar-refractivity contribution in [3.05, 3.63) is 0 Å². The number of rotatable bonds is 32. The Morgan fingerprint density at radius 2 is 0.400 bits per heavy atom. The molecule has 0 aromatic carbocycles. The first-order valence-electron chi connectivity index (χ1n) is 16.7. The van der Waals surface area contributed by atoms with E-state index in [-0.39, 0.29) is 0 Å². The van der Waals surface area contributed by atoms with Gasteiger partial charge in [-0.2, -0.15) is 0 Å². The van der Waals surface area contributed by atoms with Crippen molar-refractivity contribution in [1.29, 1.82) is 0 Å². The van der Waals surface area contributed by atoms with Crippen LogP contribution in [0, 0.1) is 0 Å². The first-order valence-corrected chi connectivity index (χ1v) is 19.1. The van der Waals surface area contributed by atoms with E-state index in [0.717, 1.165) is 0 Å². The van der Waals surface area contributed by atoms with E-state index in [0.29, 0.717) is 0 Å². The summed E-state index contributed by atoms with van der Waals surface area (Å²) in [4.78, 5) is 0. The molecule has 0 bridgehead atoms. The minimum Gasteiger partial charge on any atom is -0.0942 e. The summed E-state index contributed by atoms with van der Waals surface area (Å²) in [5.74, 6) is 2.75. The van der Waals surface area contributed by atoms with Crippen LogP contribution in [0.1, 0.15) is 200 Å². The van der Waals surface area contributed by atoms with Crippen molar-refractivity contribution in [3.63, 3.8) is 0 Å². The Kier molecular flexibility index (Phi) is 35.4. The topological polar surface area (TPSA) is 0 Å². The van der Waals surface area contributed by atoms with E-state index in [2.05, 4.69) is 35.4 Å². The predicted octanol–water partition coefficient (Wildman–Crippen LogP) is 13.7. The van der Waals surface area contributed by atoms with Crippen LogP contribution in [0.2, 0.25) is 0 Å². The minimum atomic E-state index is 1.37. The molecule has 0 unspecified atom stereocenters. The van der Waals surface area contributed by atoms with E-state index in [4.69, 9.17) is 0 Å². The summed E-state index contributed by atoms with van der Waals surface area (Å²) in [6.45, 7) is 4.61. The highest BCUT2D eigenvalue weighted by atomic mass is 33.1. The van der Waals surface area contributed by atoms with Crippen LogP contribution in [0.25, 0.3) is 0 Å². The van der Waals surface area contributed by atoms with Crippen LogP contribution in [0.4, 0.5) is 0 Å². The van der Waals surface area contributed by atoms with Gasteiger partial charge in [0.25, 0.3) is 0 Å². The summed E-state index contributed by atoms with van der Waals surface area (Å²) < 4.78 is 0.